The number of benzene rings is 1. The number of urea groups is 1. The molecule has 1 heterocycles. The van der Waals surface area contributed by atoms with E-state index in [0.29, 0.717) is 0 Å². The van der Waals surface area contributed by atoms with Crippen LogP contribution in [0.4, 0.5) is 28.0 Å². The van der Waals surface area contributed by atoms with E-state index in [2.05, 4.69) is 5.32 Å². The number of hydrogen-bond acceptors (Lipinski definition) is 4. The smallest absolute Gasteiger partial charge is 0.393 e. The lowest BCUT2D eigenvalue weighted by Crippen LogP contribution is -2.47. The summed E-state index contributed by atoms with van der Waals surface area (Å²) in [5.41, 5.74) is -0.181. The molecule has 3 N–H and O–H groups in total. The van der Waals surface area contributed by atoms with Gasteiger partial charge in [0, 0.05) is 13.1 Å². The van der Waals surface area contributed by atoms with E-state index in [1.54, 1.807) is 0 Å². The molecular formula is C16H17F4N3O4. The summed E-state index contributed by atoms with van der Waals surface area (Å²) in [7, 11) is 0. The molecule has 0 bridgehead atoms. The quantitative estimate of drug-likeness (QED) is 0.683. The van der Waals surface area contributed by atoms with Crippen LogP contribution in [0.15, 0.2) is 24.3 Å². The molecule has 7 nitrogen and oxygen atoms in total. The van der Waals surface area contributed by atoms with Gasteiger partial charge in [-0.3, -0.25) is 19.8 Å². The van der Waals surface area contributed by atoms with E-state index in [1.807, 2.05) is 5.32 Å². The van der Waals surface area contributed by atoms with Crippen molar-refractivity contribution >= 4 is 23.6 Å². The third kappa shape index (κ3) is 4.94. The summed E-state index contributed by atoms with van der Waals surface area (Å²) in [5.74, 6) is -7.09. The van der Waals surface area contributed by atoms with Gasteiger partial charge in [-0.15, -0.1) is 0 Å². The van der Waals surface area contributed by atoms with Crippen LogP contribution in [0.3, 0.4) is 0 Å². The first-order valence-electron chi connectivity index (χ1n) is 7.90. The Labute approximate surface area is 151 Å². The van der Waals surface area contributed by atoms with E-state index in [4.69, 9.17) is 5.11 Å². The Bertz CT molecular complexity index is 741. The summed E-state index contributed by atoms with van der Waals surface area (Å²) in [5, 5.41) is 13.0. The van der Waals surface area contributed by atoms with Crippen LogP contribution in [0.1, 0.15) is 6.92 Å². The predicted molar refractivity (Wildman–Crippen MR) is 85.3 cm³/mol. The minimum absolute atomic E-state index is 0.181. The molecule has 0 spiro atoms. The molecular weight excluding hydrogens is 374 g/mol. The van der Waals surface area contributed by atoms with Crippen LogP contribution in [0.25, 0.3) is 0 Å². The molecule has 1 saturated heterocycles. The number of imide groups is 1. The van der Waals surface area contributed by atoms with E-state index in [9.17, 15) is 31.9 Å². The van der Waals surface area contributed by atoms with Crippen LogP contribution in [0, 0.1) is 17.7 Å². The van der Waals surface area contributed by atoms with Crippen LogP contribution in [-0.4, -0.2) is 53.2 Å². The fraction of sp³-hybridized carbons (Fsp3) is 0.438. The Hall–Kier alpha value is -2.69. The highest BCUT2D eigenvalue weighted by atomic mass is 19.4. The highest BCUT2D eigenvalue weighted by Crippen LogP contribution is 2.38. The number of aliphatic carboxylic acids is 1. The second-order valence-electron chi connectivity index (χ2n) is 6.15. The fourth-order valence-electron chi connectivity index (χ4n) is 2.83. The molecule has 1 aliphatic heterocycles. The van der Waals surface area contributed by atoms with Gasteiger partial charge >= 0.3 is 18.2 Å². The highest BCUT2D eigenvalue weighted by molar-refractivity contribution is 6.02. The van der Waals surface area contributed by atoms with Crippen LogP contribution in [0.2, 0.25) is 0 Å². The lowest BCUT2D eigenvalue weighted by Gasteiger charge is -2.23. The molecule has 1 aromatic carbocycles. The van der Waals surface area contributed by atoms with Gasteiger partial charge in [-0.05, 0) is 19.1 Å². The standard InChI is InChI=1S/C16H17F4N3O4/c1-8(23-6-9(14(25)26)10(7-23)16(18,19)20)13(24)22-15(27)21-12-5-3-2-4-11(12)17/h2-5,8-10H,6-7H2,1H3,(H,25,26)(H2,21,22,24,27)/t8?,9-,10-/m1/s1. The summed E-state index contributed by atoms with van der Waals surface area (Å²) in [6.45, 7) is 0.0936. The van der Waals surface area contributed by atoms with Crippen molar-refractivity contribution in [3.05, 3.63) is 30.1 Å². The maximum Gasteiger partial charge on any atom is 0.393 e. The molecule has 3 atom stereocenters. The fourth-order valence-corrected chi connectivity index (χ4v) is 2.83. The minimum Gasteiger partial charge on any atom is -0.481 e. The number of carboxylic acid groups (broad SMARTS) is 1. The van der Waals surface area contributed by atoms with Gasteiger partial charge in [-0.1, -0.05) is 12.1 Å². The van der Waals surface area contributed by atoms with Crippen LogP contribution in [0.5, 0.6) is 0 Å². The Balaban J connectivity index is 1.99. The number of nitrogens with zero attached hydrogens (tertiary/aromatic N) is 1. The number of hydrogen-bond donors (Lipinski definition) is 3. The number of alkyl halides is 3. The van der Waals surface area contributed by atoms with E-state index in [1.165, 1.54) is 25.1 Å². The minimum atomic E-state index is -4.73. The van der Waals surface area contributed by atoms with Crippen molar-refractivity contribution in [3.8, 4) is 0 Å². The van der Waals surface area contributed by atoms with Gasteiger partial charge in [0.1, 0.15) is 5.82 Å². The van der Waals surface area contributed by atoms with Crippen molar-refractivity contribution in [1.82, 2.24) is 10.2 Å². The Morgan fingerprint density at radius 2 is 1.85 bits per heavy atom. The summed E-state index contributed by atoms with van der Waals surface area (Å²) in [4.78, 5) is 36.0. The van der Waals surface area contributed by atoms with Crippen molar-refractivity contribution in [1.29, 1.82) is 0 Å². The zero-order chi connectivity index (χ0) is 20.4. The van der Waals surface area contributed by atoms with Crippen molar-refractivity contribution in [2.45, 2.75) is 19.1 Å². The second-order valence-corrected chi connectivity index (χ2v) is 6.15. The Kier molecular flexibility index (Phi) is 6.04. The van der Waals surface area contributed by atoms with Gasteiger partial charge in [0.2, 0.25) is 5.91 Å². The first-order chi connectivity index (χ1) is 12.5. The summed E-state index contributed by atoms with van der Waals surface area (Å²) in [6.07, 6.45) is -4.73. The van der Waals surface area contributed by atoms with E-state index in [0.717, 1.165) is 11.0 Å². The molecule has 2 rings (SSSR count). The van der Waals surface area contributed by atoms with Gasteiger partial charge < -0.3 is 10.4 Å². The zero-order valence-corrected chi connectivity index (χ0v) is 14.1. The summed E-state index contributed by atoms with van der Waals surface area (Å²) >= 11 is 0. The van der Waals surface area contributed by atoms with Crippen molar-refractivity contribution in [2.24, 2.45) is 11.8 Å². The molecule has 11 heteroatoms. The first kappa shape index (κ1) is 20.6. The van der Waals surface area contributed by atoms with Crippen LogP contribution >= 0.6 is 0 Å². The first-order valence-corrected chi connectivity index (χ1v) is 7.90. The number of carbonyl (C=O) groups is 3. The van der Waals surface area contributed by atoms with Gasteiger partial charge in [-0.25, -0.2) is 9.18 Å². The van der Waals surface area contributed by atoms with Crippen LogP contribution < -0.4 is 10.6 Å². The number of carbonyl (C=O) groups excluding carboxylic acids is 2. The normalized spacial score (nSPS) is 21.5. The van der Waals surface area contributed by atoms with Crippen molar-refractivity contribution < 1.29 is 37.1 Å². The maximum atomic E-state index is 13.5. The molecule has 27 heavy (non-hydrogen) atoms. The third-order valence-electron chi connectivity index (χ3n) is 4.37. The van der Waals surface area contributed by atoms with Gasteiger partial charge in [0.05, 0.1) is 23.6 Å². The molecule has 148 valence electrons. The molecule has 3 amide bonds. The molecule has 0 aromatic heterocycles. The molecule has 1 aromatic rings. The molecule has 0 saturated carbocycles. The predicted octanol–water partition coefficient (Wildman–Crippen LogP) is 2.06. The van der Waals surface area contributed by atoms with E-state index < -0.39 is 60.9 Å². The largest absolute Gasteiger partial charge is 0.481 e. The molecule has 1 unspecified atom stereocenters. The maximum absolute atomic E-state index is 13.5. The molecule has 1 aliphatic rings. The average molecular weight is 391 g/mol. The van der Waals surface area contributed by atoms with Gasteiger partial charge in [0.25, 0.3) is 0 Å². The van der Waals surface area contributed by atoms with E-state index >= 15 is 0 Å². The second kappa shape index (κ2) is 7.91. The number of para-hydroxylation sites is 1. The Morgan fingerprint density at radius 3 is 2.37 bits per heavy atom. The molecule has 1 fully saturated rings. The SMILES string of the molecule is CC(C(=O)NC(=O)Nc1ccccc1F)N1C[C@@H](C(F)(F)F)[C@H](C(=O)O)C1. The number of rotatable bonds is 4. The lowest BCUT2D eigenvalue weighted by molar-refractivity contribution is -0.188. The molecule has 0 aliphatic carbocycles. The van der Waals surface area contributed by atoms with E-state index in [-0.39, 0.29) is 5.69 Å². The third-order valence-corrected chi connectivity index (χ3v) is 4.37. The lowest BCUT2D eigenvalue weighted by atomic mass is 9.96. The topological polar surface area (TPSA) is 98.7 Å². The number of nitrogens with one attached hydrogen (secondary N) is 2. The van der Waals surface area contributed by atoms with Gasteiger partial charge in [-0.2, -0.15) is 13.2 Å². The number of carboxylic acids is 1. The number of likely N-dealkylation sites (tertiary alicyclic amines) is 1. The van der Waals surface area contributed by atoms with Crippen molar-refractivity contribution in [2.75, 3.05) is 18.4 Å². The Morgan fingerprint density at radius 1 is 1.22 bits per heavy atom. The summed E-state index contributed by atoms with van der Waals surface area (Å²) in [6, 6.07) is 2.96. The molecule has 0 radical (unpaired) electrons. The number of amides is 3. The summed E-state index contributed by atoms with van der Waals surface area (Å²) < 4.78 is 52.5. The van der Waals surface area contributed by atoms with Crippen molar-refractivity contribution in [3.63, 3.8) is 0 Å². The number of halogens is 4. The highest BCUT2D eigenvalue weighted by Gasteiger charge is 2.53. The van der Waals surface area contributed by atoms with Crippen LogP contribution in [-0.2, 0) is 9.59 Å². The number of anilines is 1. The zero-order valence-electron chi connectivity index (χ0n) is 14.1. The monoisotopic (exact) mass is 391 g/mol. The van der Waals surface area contributed by atoms with Gasteiger partial charge in [0.15, 0.2) is 0 Å². The average Bonchev–Trinajstić information content (AvgIpc) is 3.02.